The van der Waals surface area contributed by atoms with Crippen molar-refractivity contribution in [2.45, 2.75) is 115 Å². The lowest BCUT2D eigenvalue weighted by molar-refractivity contribution is -0.163. The molecule has 0 spiro atoms. The number of likely N-dealkylation sites (tertiary alicyclic amines) is 2. The number of ether oxygens (including phenoxy) is 3. The van der Waals surface area contributed by atoms with Crippen molar-refractivity contribution in [3.05, 3.63) is 59.7 Å². The molecule has 2 aromatic rings. The lowest BCUT2D eigenvalue weighted by atomic mass is 9.86. The fourth-order valence-electron chi connectivity index (χ4n) is 6.86. The largest absolute Gasteiger partial charge is 0.465 e. The first-order valence-corrected chi connectivity index (χ1v) is 19.7. The van der Waals surface area contributed by atoms with Gasteiger partial charge in [-0.3, -0.25) is 9.59 Å². The van der Waals surface area contributed by atoms with E-state index in [1.807, 2.05) is 0 Å². The van der Waals surface area contributed by atoms with Crippen LogP contribution >= 0.6 is 0 Å². The van der Waals surface area contributed by atoms with Crippen LogP contribution in [0.1, 0.15) is 86.3 Å². The Hall–Kier alpha value is -4.13. The Kier molecular flexibility index (Phi) is 12.6. The second kappa shape index (κ2) is 16.1. The van der Waals surface area contributed by atoms with Gasteiger partial charge in [0.15, 0.2) is 0 Å². The van der Waals surface area contributed by atoms with Crippen LogP contribution in [0.25, 0.3) is 0 Å². The van der Waals surface area contributed by atoms with Crippen LogP contribution in [0.5, 0.6) is 0 Å². The van der Waals surface area contributed by atoms with E-state index in [1.165, 1.54) is 17.0 Å². The number of rotatable bonds is 10. The maximum Gasteiger partial charge on any atom is 0.410 e. The highest BCUT2D eigenvalue weighted by Gasteiger charge is 2.40. The fourth-order valence-corrected chi connectivity index (χ4v) is 8.26. The van der Waals surface area contributed by atoms with Crippen molar-refractivity contribution >= 4 is 34.0 Å². The lowest BCUT2D eigenvalue weighted by Crippen LogP contribution is -2.38. The molecule has 0 aliphatic carbocycles. The molecule has 12 nitrogen and oxygen atoms in total. The summed E-state index contributed by atoms with van der Waals surface area (Å²) in [6.45, 7) is 17.3. The molecule has 0 aromatic heterocycles. The molecule has 2 saturated heterocycles. The van der Waals surface area contributed by atoms with Crippen molar-refractivity contribution in [1.82, 2.24) is 9.80 Å². The average Bonchev–Trinajstić information content (AvgIpc) is 3.71. The Labute approximate surface area is 314 Å². The van der Waals surface area contributed by atoms with E-state index in [2.05, 4.69) is 0 Å². The zero-order valence-electron chi connectivity index (χ0n) is 32.5. The molecule has 292 valence electrons. The zero-order valence-corrected chi connectivity index (χ0v) is 33.3. The summed E-state index contributed by atoms with van der Waals surface area (Å²) in [7, 11) is -4.04. The van der Waals surface area contributed by atoms with E-state index >= 15 is 0 Å². The molecule has 2 aliphatic rings. The van der Waals surface area contributed by atoms with Crippen molar-refractivity contribution in [2.75, 3.05) is 26.2 Å². The maximum atomic E-state index is 14.1. The van der Waals surface area contributed by atoms with Gasteiger partial charge in [-0.25, -0.2) is 18.0 Å². The number of esters is 2. The maximum absolute atomic E-state index is 14.1. The summed E-state index contributed by atoms with van der Waals surface area (Å²) in [4.78, 5) is 54.5. The minimum absolute atomic E-state index is 0.0427. The van der Waals surface area contributed by atoms with Gasteiger partial charge in [0.25, 0.3) is 0 Å². The molecule has 2 fully saturated rings. The van der Waals surface area contributed by atoms with Gasteiger partial charge in [-0.1, -0.05) is 24.3 Å². The SMILES string of the molecule is CC(C)(C)OC(=O)[C@@H](Cc1cccc(S(=O)(=O)c2cccc(C[C@H](C(=O)OC(C)(C)C)[C@H]3CCN(C(=O)OC(C)(C)C)C3)c2)c1)[C@H]1CCN(C(=O)O)C1. The van der Waals surface area contributed by atoms with Crippen molar-refractivity contribution in [2.24, 2.45) is 23.7 Å². The first-order chi connectivity index (χ1) is 24.4. The van der Waals surface area contributed by atoms with Gasteiger partial charge < -0.3 is 29.1 Å². The molecule has 4 rings (SSSR count). The summed E-state index contributed by atoms with van der Waals surface area (Å²) in [6.07, 6.45) is -0.0542. The van der Waals surface area contributed by atoms with Crippen LogP contribution in [0.2, 0.25) is 0 Å². The van der Waals surface area contributed by atoms with Crippen molar-refractivity contribution in [1.29, 1.82) is 0 Å². The predicted molar refractivity (Wildman–Crippen MR) is 198 cm³/mol. The molecule has 2 heterocycles. The van der Waals surface area contributed by atoms with E-state index in [4.69, 9.17) is 14.2 Å². The summed E-state index contributed by atoms with van der Waals surface area (Å²) in [6, 6.07) is 12.9. The van der Waals surface area contributed by atoms with E-state index in [-0.39, 0.29) is 41.0 Å². The molecule has 53 heavy (non-hydrogen) atoms. The summed E-state index contributed by atoms with van der Waals surface area (Å²) in [5, 5.41) is 9.52. The number of hydrogen-bond acceptors (Lipinski definition) is 9. The molecular weight excluding hydrogens is 701 g/mol. The van der Waals surface area contributed by atoms with E-state index in [9.17, 15) is 32.7 Å². The molecule has 4 atom stereocenters. The number of nitrogens with zero attached hydrogens (tertiary/aromatic N) is 2. The van der Waals surface area contributed by atoms with Gasteiger partial charge in [0.2, 0.25) is 9.84 Å². The summed E-state index contributed by atoms with van der Waals surface area (Å²) < 4.78 is 45.3. The van der Waals surface area contributed by atoms with Crippen LogP contribution in [0.4, 0.5) is 9.59 Å². The smallest absolute Gasteiger partial charge is 0.410 e. The number of carbonyl (C=O) groups is 4. The summed E-state index contributed by atoms with van der Waals surface area (Å²) >= 11 is 0. The number of sulfone groups is 1. The number of amides is 2. The van der Waals surface area contributed by atoms with Crippen molar-refractivity contribution in [3.63, 3.8) is 0 Å². The monoisotopic (exact) mass is 756 g/mol. The van der Waals surface area contributed by atoms with Crippen LogP contribution in [-0.4, -0.2) is 90.4 Å². The molecule has 2 amide bonds. The summed E-state index contributed by atoms with van der Waals surface area (Å²) in [5.41, 5.74) is -0.931. The average molecular weight is 757 g/mol. The Bertz CT molecular complexity index is 1770. The molecule has 13 heteroatoms. The molecular formula is C40H56N2O10S. The minimum atomic E-state index is -4.04. The Morgan fingerprint density at radius 2 is 1.08 bits per heavy atom. The Morgan fingerprint density at radius 3 is 1.45 bits per heavy atom. The number of benzene rings is 2. The molecule has 0 radical (unpaired) electrons. The van der Waals surface area contributed by atoms with Gasteiger partial charge in [0.05, 0.1) is 21.6 Å². The van der Waals surface area contributed by atoms with Crippen LogP contribution in [-0.2, 0) is 46.5 Å². The first-order valence-electron chi connectivity index (χ1n) is 18.3. The minimum Gasteiger partial charge on any atom is -0.465 e. The molecule has 2 aliphatic heterocycles. The van der Waals surface area contributed by atoms with Gasteiger partial charge in [0.1, 0.15) is 16.8 Å². The van der Waals surface area contributed by atoms with Crippen LogP contribution in [0.3, 0.4) is 0 Å². The van der Waals surface area contributed by atoms with E-state index in [0.29, 0.717) is 43.6 Å². The van der Waals surface area contributed by atoms with Crippen LogP contribution in [0.15, 0.2) is 58.3 Å². The van der Waals surface area contributed by atoms with Crippen molar-refractivity contribution < 1.29 is 46.9 Å². The van der Waals surface area contributed by atoms with Gasteiger partial charge in [-0.15, -0.1) is 0 Å². The molecule has 0 unspecified atom stereocenters. The molecule has 2 aromatic carbocycles. The molecule has 0 bridgehead atoms. The quantitative estimate of drug-likeness (QED) is 0.203. The number of carboxylic acid groups (broad SMARTS) is 1. The third-order valence-electron chi connectivity index (χ3n) is 9.26. The normalized spacial score (nSPS) is 19.4. The van der Waals surface area contributed by atoms with E-state index in [1.54, 1.807) is 104 Å². The van der Waals surface area contributed by atoms with Crippen LogP contribution in [0, 0.1) is 23.7 Å². The zero-order chi connectivity index (χ0) is 39.5. The van der Waals surface area contributed by atoms with Crippen LogP contribution < -0.4 is 0 Å². The highest BCUT2D eigenvalue weighted by atomic mass is 32.2. The number of hydrogen-bond donors (Lipinski definition) is 1. The van der Waals surface area contributed by atoms with Crippen molar-refractivity contribution in [3.8, 4) is 0 Å². The third-order valence-corrected chi connectivity index (χ3v) is 11.0. The highest BCUT2D eigenvalue weighted by molar-refractivity contribution is 7.91. The fraction of sp³-hybridized carbons (Fsp3) is 0.600. The summed E-state index contributed by atoms with van der Waals surface area (Å²) in [5.74, 6) is -2.69. The van der Waals surface area contributed by atoms with Gasteiger partial charge in [-0.2, -0.15) is 0 Å². The Morgan fingerprint density at radius 1 is 0.679 bits per heavy atom. The standard InChI is InChI=1S/C40H56N2O10S/c1-38(2,3)50-34(43)32(28-16-18-41(24-28)36(45)46)22-26-12-10-14-30(20-26)53(48,49)31-15-11-13-27(21-31)23-33(35(44)51-39(4,5)6)29-17-19-42(25-29)37(47)52-40(7,8)9/h10-15,20-21,28-29,32-33H,16-19,22-25H2,1-9H3,(H,45,46)/t28-,29-,32-,33-/m0/s1. The Balaban J connectivity index is 1.58. The third kappa shape index (κ3) is 11.7. The lowest BCUT2D eigenvalue weighted by Gasteiger charge is -2.28. The topological polar surface area (TPSA) is 157 Å². The number of carbonyl (C=O) groups excluding carboxylic acids is 3. The first kappa shape index (κ1) is 41.6. The molecule has 0 saturated carbocycles. The highest BCUT2D eigenvalue weighted by Crippen LogP contribution is 2.33. The van der Waals surface area contributed by atoms with E-state index in [0.717, 1.165) is 0 Å². The van der Waals surface area contributed by atoms with Gasteiger partial charge >= 0.3 is 24.1 Å². The van der Waals surface area contributed by atoms with E-state index < -0.39 is 62.6 Å². The van der Waals surface area contributed by atoms with Gasteiger partial charge in [-0.05, 0) is 135 Å². The van der Waals surface area contributed by atoms with Gasteiger partial charge in [0, 0.05) is 26.2 Å². The second-order valence-electron chi connectivity index (χ2n) is 17.2. The second-order valence-corrected chi connectivity index (χ2v) is 19.2. The predicted octanol–water partition coefficient (Wildman–Crippen LogP) is 6.78. The molecule has 1 N–H and O–H groups in total.